The number of carboxylic acid groups (broad SMARTS) is 1. The van der Waals surface area contributed by atoms with E-state index in [9.17, 15) is 14.3 Å². The lowest BCUT2D eigenvalue weighted by molar-refractivity contribution is -0.145. The van der Waals surface area contributed by atoms with Crippen LogP contribution < -0.4 is 0 Å². The summed E-state index contributed by atoms with van der Waals surface area (Å²) in [6, 6.07) is 5.72. The van der Waals surface area contributed by atoms with Gasteiger partial charge in [-0.15, -0.1) is 0 Å². The number of ether oxygens (including phenoxy) is 1. The Hall–Kier alpha value is -3.40. The molecule has 1 aliphatic rings. The fraction of sp³-hybridized carbons (Fsp3) is 0.333. The zero-order valence-corrected chi connectivity index (χ0v) is 18.2. The number of halogens is 4. The number of aromatic nitrogens is 3. The number of rotatable bonds is 5. The van der Waals surface area contributed by atoms with Gasteiger partial charge in [-0.3, -0.25) is 9.89 Å². The fourth-order valence-corrected chi connectivity index (χ4v) is 4.87. The van der Waals surface area contributed by atoms with Crippen LogP contribution >= 0.6 is 0 Å². The molecule has 0 unspecified atom stereocenters. The van der Waals surface area contributed by atoms with E-state index in [0.29, 0.717) is 42.7 Å². The third kappa shape index (κ3) is 3.53. The van der Waals surface area contributed by atoms with Crippen molar-refractivity contribution in [2.24, 2.45) is 0 Å². The molecule has 10 heteroatoms. The molecule has 4 aromatic rings. The first-order chi connectivity index (χ1) is 16.2. The average molecular weight is 475 g/mol. The van der Waals surface area contributed by atoms with E-state index in [1.54, 1.807) is 13.0 Å². The van der Waals surface area contributed by atoms with Crippen molar-refractivity contribution in [1.82, 2.24) is 14.8 Å². The Balaban J connectivity index is 1.96. The second-order valence-corrected chi connectivity index (χ2v) is 8.61. The Kier molecular flexibility index (Phi) is 5.35. The second kappa shape index (κ2) is 8.12. The second-order valence-electron chi connectivity index (χ2n) is 8.61. The molecule has 0 amide bonds. The minimum absolute atomic E-state index is 0.0501. The van der Waals surface area contributed by atoms with Gasteiger partial charge in [-0.1, -0.05) is 0 Å². The van der Waals surface area contributed by atoms with Crippen molar-refractivity contribution < 1.29 is 32.2 Å². The topological polar surface area (TPSA) is 80.1 Å². The Labute approximate surface area is 191 Å². The number of alkyl halides is 2. The highest BCUT2D eigenvalue weighted by Gasteiger charge is 2.44. The Morgan fingerprint density at radius 1 is 1.26 bits per heavy atom. The Morgan fingerprint density at radius 2 is 2.00 bits per heavy atom. The van der Waals surface area contributed by atoms with Crippen LogP contribution in [-0.2, 0) is 15.5 Å². The summed E-state index contributed by atoms with van der Waals surface area (Å²) in [6.07, 6.45) is 0.681. The van der Waals surface area contributed by atoms with Crippen molar-refractivity contribution in [1.29, 1.82) is 0 Å². The van der Waals surface area contributed by atoms with Crippen LogP contribution in [0.5, 0.6) is 0 Å². The van der Waals surface area contributed by atoms with Crippen LogP contribution in [0.2, 0.25) is 0 Å². The van der Waals surface area contributed by atoms with Crippen LogP contribution in [0, 0.1) is 18.6 Å². The number of nitrogens with one attached hydrogen (secondary N) is 1. The normalized spacial score (nSPS) is 15.4. The summed E-state index contributed by atoms with van der Waals surface area (Å²) >= 11 is 0. The molecule has 0 aliphatic carbocycles. The van der Waals surface area contributed by atoms with E-state index in [2.05, 4.69) is 10.2 Å². The van der Waals surface area contributed by atoms with Gasteiger partial charge in [-0.2, -0.15) is 5.10 Å². The maximum absolute atomic E-state index is 15.8. The summed E-state index contributed by atoms with van der Waals surface area (Å²) in [6.45, 7) is 2.20. The van der Waals surface area contributed by atoms with Crippen molar-refractivity contribution >= 4 is 27.8 Å². The maximum atomic E-state index is 15.8. The summed E-state index contributed by atoms with van der Waals surface area (Å²) < 4.78 is 68.1. The highest BCUT2D eigenvalue weighted by Crippen LogP contribution is 2.48. The number of aryl methyl sites for hydroxylation is 1. The number of carboxylic acids is 1. The smallest absolute Gasteiger partial charge is 0.309 e. The molecular weight excluding hydrogens is 454 g/mol. The molecule has 6 nitrogen and oxygen atoms in total. The predicted molar refractivity (Wildman–Crippen MR) is 117 cm³/mol. The highest BCUT2D eigenvalue weighted by molar-refractivity contribution is 6.00. The molecule has 0 spiro atoms. The van der Waals surface area contributed by atoms with Crippen molar-refractivity contribution in [3.63, 3.8) is 0 Å². The quantitative estimate of drug-likeness (QED) is 0.371. The lowest BCUT2D eigenvalue weighted by Crippen LogP contribution is -2.24. The molecule has 2 aromatic carbocycles. The third-order valence-corrected chi connectivity index (χ3v) is 6.39. The average Bonchev–Trinajstić information content (AvgIpc) is 3.39. The van der Waals surface area contributed by atoms with Crippen molar-refractivity contribution in [3.05, 3.63) is 58.9 Å². The van der Waals surface area contributed by atoms with Crippen molar-refractivity contribution in [3.8, 4) is 5.69 Å². The fourth-order valence-electron chi connectivity index (χ4n) is 4.87. The number of H-pyrrole nitrogens is 1. The summed E-state index contributed by atoms with van der Waals surface area (Å²) in [5.74, 6) is -7.42. The number of hydrogen-bond donors (Lipinski definition) is 2. The minimum Gasteiger partial charge on any atom is -0.481 e. The van der Waals surface area contributed by atoms with E-state index < -0.39 is 41.4 Å². The van der Waals surface area contributed by atoms with Gasteiger partial charge in [-0.25, -0.2) is 17.6 Å². The largest absolute Gasteiger partial charge is 0.481 e. The van der Waals surface area contributed by atoms with Gasteiger partial charge in [0.2, 0.25) is 0 Å². The predicted octanol–water partition coefficient (Wildman–Crippen LogP) is 5.55. The van der Waals surface area contributed by atoms with E-state index in [0.717, 1.165) is 0 Å². The Morgan fingerprint density at radius 3 is 2.68 bits per heavy atom. The summed E-state index contributed by atoms with van der Waals surface area (Å²) in [4.78, 5) is 11.4. The molecule has 178 valence electrons. The molecule has 1 fully saturated rings. The molecule has 34 heavy (non-hydrogen) atoms. The van der Waals surface area contributed by atoms with Crippen LogP contribution in [0.25, 0.3) is 27.5 Å². The van der Waals surface area contributed by atoms with E-state index in [4.69, 9.17) is 4.74 Å². The van der Waals surface area contributed by atoms with Crippen LogP contribution in [0.15, 0.2) is 30.5 Å². The number of nitrogens with zero attached hydrogens (tertiary/aromatic N) is 2. The zero-order valence-electron chi connectivity index (χ0n) is 18.2. The molecular formula is C24H21F4N3O3. The molecule has 0 atom stereocenters. The molecule has 0 radical (unpaired) electrons. The maximum Gasteiger partial charge on any atom is 0.309 e. The lowest BCUT2D eigenvalue weighted by atomic mass is 9.89. The standard InChI is InChI=1S/C24H21F4N3O3/c1-12-8-15(2-3-16(12)25)31-17-9-14-11-29-30-22(14)21(26)19(17)20(24(27,28)10-18(32)33)23(31)13-4-6-34-7-5-13/h2-3,8-9,11,13H,4-7,10H2,1H3,(H,29,30)(H,32,33). The first-order valence-corrected chi connectivity index (χ1v) is 10.8. The molecule has 0 saturated carbocycles. The molecule has 2 aromatic heterocycles. The first-order valence-electron chi connectivity index (χ1n) is 10.8. The lowest BCUT2D eigenvalue weighted by Gasteiger charge is -2.27. The third-order valence-electron chi connectivity index (χ3n) is 6.39. The van der Waals surface area contributed by atoms with Crippen LogP contribution in [0.4, 0.5) is 17.6 Å². The number of carbonyl (C=O) groups is 1. The molecule has 0 bridgehead atoms. The van der Waals surface area contributed by atoms with Crippen molar-refractivity contribution in [2.45, 2.75) is 38.0 Å². The minimum atomic E-state index is -3.87. The SMILES string of the molecule is Cc1cc(-n2c(C3CCOCC3)c(C(F)(F)CC(=O)O)c3c(F)c4[nH]ncc4cc32)ccc1F. The summed E-state index contributed by atoms with van der Waals surface area (Å²) in [5.41, 5.74) is 0.221. The molecule has 5 rings (SSSR count). The molecule has 2 N–H and O–H groups in total. The Bertz CT molecular complexity index is 1420. The van der Waals surface area contributed by atoms with Gasteiger partial charge in [0.1, 0.15) is 17.8 Å². The highest BCUT2D eigenvalue weighted by atomic mass is 19.3. The van der Waals surface area contributed by atoms with Gasteiger partial charge in [-0.05, 0) is 49.6 Å². The molecule has 3 heterocycles. The summed E-state index contributed by atoms with van der Waals surface area (Å²) in [7, 11) is 0. The summed E-state index contributed by atoms with van der Waals surface area (Å²) in [5, 5.41) is 15.5. The van der Waals surface area contributed by atoms with Gasteiger partial charge < -0.3 is 14.4 Å². The molecule has 1 aliphatic heterocycles. The van der Waals surface area contributed by atoms with Gasteiger partial charge in [0.25, 0.3) is 5.92 Å². The van der Waals surface area contributed by atoms with Crippen LogP contribution in [0.3, 0.4) is 0 Å². The van der Waals surface area contributed by atoms with E-state index >= 15 is 13.2 Å². The van der Waals surface area contributed by atoms with Gasteiger partial charge in [0.15, 0.2) is 5.82 Å². The molecule has 1 saturated heterocycles. The van der Waals surface area contributed by atoms with E-state index in [1.165, 1.54) is 29.0 Å². The van der Waals surface area contributed by atoms with Gasteiger partial charge >= 0.3 is 5.97 Å². The first kappa shape index (κ1) is 22.4. The van der Waals surface area contributed by atoms with Crippen LogP contribution in [-0.4, -0.2) is 39.1 Å². The number of fused-ring (bicyclic) bond motifs is 2. The van der Waals surface area contributed by atoms with Crippen LogP contribution in [0.1, 0.15) is 42.0 Å². The van der Waals surface area contributed by atoms with Gasteiger partial charge in [0.05, 0.1) is 17.3 Å². The van der Waals surface area contributed by atoms with E-state index in [-0.39, 0.29) is 22.1 Å². The number of hydrogen-bond acceptors (Lipinski definition) is 3. The van der Waals surface area contributed by atoms with Crippen molar-refractivity contribution in [2.75, 3.05) is 13.2 Å². The monoisotopic (exact) mass is 475 g/mol. The number of benzene rings is 2. The number of aromatic amines is 1. The number of aliphatic carboxylic acids is 1. The van der Waals surface area contributed by atoms with E-state index in [1.807, 2.05) is 0 Å². The zero-order chi connectivity index (χ0) is 24.2. The van der Waals surface area contributed by atoms with Gasteiger partial charge in [0, 0.05) is 41.3 Å².